The van der Waals surface area contributed by atoms with Crippen molar-refractivity contribution in [1.82, 2.24) is 0 Å². The molecule has 0 aromatic rings. The first kappa shape index (κ1) is 6.87. The Labute approximate surface area is 41.5 Å². The zero-order valence-electron chi connectivity index (χ0n) is 3.70. The van der Waals surface area contributed by atoms with E-state index in [1.165, 1.54) is 0 Å². The molecule has 0 aliphatic rings. The Morgan fingerprint density at radius 1 is 1.57 bits per heavy atom. The van der Waals surface area contributed by atoms with Crippen LogP contribution in [0.2, 0.25) is 0 Å². The molecule has 0 bridgehead atoms. The van der Waals surface area contributed by atoms with E-state index in [1.807, 2.05) is 0 Å². The Morgan fingerprint density at radius 3 is 1.71 bits per heavy atom. The van der Waals surface area contributed by atoms with Crippen LogP contribution in [0.25, 0.3) is 0 Å². The minimum Gasteiger partial charge on any atom is -0.375 e. The summed E-state index contributed by atoms with van der Waals surface area (Å²) in [5.74, 6) is 0. The van der Waals surface area contributed by atoms with Gasteiger partial charge in [-0.15, -0.1) is 0 Å². The summed E-state index contributed by atoms with van der Waals surface area (Å²) in [6.45, 7) is 0.968. The molecule has 7 heavy (non-hydrogen) atoms. The summed E-state index contributed by atoms with van der Waals surface area (Å²) in [5.41, 5.74) is -1.67. The van der Waals surface area contributed by atoms with E-state index in [4.69, 9.17) is 9.66 Å². The van der Waals surface area contributed by atoms with Crippen LogP contribution in [0.5, 0.6) is 0 Å². The molecule has 0 fully saturated rings. The molecule has 0 saturated carbocycles. The van der Waals surface area contributed by atoms with Gasteiger partial charge in [0.1, 0.15) is 0 Å². The maximum atomic E-state index is 9.64. The first-order valence-electron chi connectivity index (χ1n) is 1.59. The van der Waals surface area contributed by atoms with Gasteiger partial charge in [-0.2, -0.15) is 8.42 Å². The molecular weight excluding hydrogens is 120 g/mol. The van der Waals surface area contributed by atoms with Gasteiger partial charge in [-0.1, -0.05) is 0 Å². The summed E-state index contributed by atoms with van der Waals surface area (Å²) < 4.78 is 27.1. The van der Waals surface area contributed by atoms with Crippen molar-refractivity contribution in [2.45, 2.75) is 12.4 Å². The monoisotopic (exact) mass is 126 g/mol. The van der Waals surface area contributed by atoms with Gasteiger partial charge in [0, 0.05) is 0 Å². The Balaban J connectivity index is 4.10. The van der Waals surface area contributed by atoms with Crippen molar-refractivity contribution >= 4 is 10.1 Å². The van der Waals surface area contributed by atoms with Crippen LogP contribution in [0.3, 0.4) is 0 Å². The highest BCUT2D eigenvalue weighted by atomic mass is 32.2. The summed E-state index contributed by atoms with van der Waals surface area (Å²) in [7, 11) is -4.19. The van der Waals surface area contributed by atoms with Crippen molar-refractivity contribution < 1.29 is 18.1 Å². The Kier molecular flexibility index (Phi) is 1.74. The fourth-order valence-electron chi connectivity index (χ4n) is 0. The normalized spacial score (nSPS) is 16.4. The molecule has 0 unspecified atom stereocenters. The third-order valence-corrected chi connectivity index (χ3v) is 1.29. The van der Waals surface area contributed by atoms with E-state index < -0.39 is 15.6 Å². The highest BCUT2D eigenvalue weighted by molar-refractivity contribution is 7.86. The molecule has 0 radical (unpaired) electrons. The maximum absolute atomic E-state index is 9.64. The lowest BCUT2D eigenvalue weighted by Crippen LogP contribution is -2.14. The first-order valence-corrected chi connectivity index (χ1v) is 3.09. The summed E-state index contributed by atoms with van der Waals surface area (Å²) in [5, 5.41) is 8.05. The molecule has 2 N–H and O–H groups in total. The van der Waals surface area contributed by atoms with Gasteiger partial charge >= 0.3 is 0 Å². The molecule has 0 amide bonds. The second kappa shape index (κ2) is 1.77. The van der Waals surface area contributed by atoms with Gasteiger partial charge in [-0.25, -0.2) is 0 Å². The first-order chi connectivity index (χ1) is 2.94. The van der Waals surface area contributed by atoms with Gasteiger partial charge in [0.15, 0.2) is 5.44 Å². The number of hydrogen-bond acceptors (Lipinski definition) is 3. The van der Waals surface area contributed by atoms with E-state index in [1.54, 1.807) is 0 Å². The van der Waals surface area contributed by atoms with E-state index in [9.17, 15) is 8.42 Å². The zero-order valence-corrected chi connectivity index (χ0v) is 4.51. The molecule has 0 rings (SSSR count). The third-order valence-electron chi connectivity index (χ3n) is 0.431. The van der Waals surface area contributed by atoms with Gasteiger partial charge in [-0.3, -0.25) is 4.55 Å². The standard InChI is InChI=1S/C2H6O4S/c1-2(3)7(4,5)6/h2-3H,1H3,(H,4,5,6)/t2-/m1/s1. The van der Waals surface area contributed by atoms with Gasteiger partial charge in [0.2, 0.25) is 0 Å². The molecule has 4 nitrogen and oxygen atoms in total. The SMILES string of the molecule is C[C@H](O)S(=O)(=O)O. The lowest BCUT2D eigenvalue weighted by Gasteiger charge is -1.94. The highest BCUT2D eigenvalue weighted by Gasteiger charge is 2.10. The van der Waals surface area contributed by atoms with Crippen LogP contribution in [0, 0.1) is 0 Å². The minimum absolute atomic E-state index is 0.968. The minimum atomic E-state index is -4.19. The van der Waals surface area contributed by atoms with Crippen molar-refractivity contribution in [2.24, 2.45) is 0 Å². The molecule has 5 heteroatoms. The Bertz CT molecular complexity index is 132. The van der Waals surface area contributed by atoms with Crippen molar-refractivity contribution in [3.63, 3.8) is 0 Å². The Morgan fingerprint density at radius 2 is 1.71 bits per heavy atom. The van der Waals surface area contributed by atoms with E-state index in [0.29, 0.717) is 0 Å². The number of hydrogen-bond donors (Lipinski definition) is 2. The largest absolute Gasteiger partial charge is 0.375 e. The van der Waals surface area contributed by atoms with Crippen LogP contribution in [0.4, 0.5) is 0 Å². The van der Waals surface area contributed by atoms with Crippen LogP contribution in [-0.2, 0) is 10.1 Å². The Hall–Kier alpha value is -0.130. The van der Waals surface area contributed by atoms with E-state index in [-0.39, 0.29) is 0 Å². The molecule has 1 atom stereocenters. The van der Waals surface area contributed by atoms with Crippen molar-refractivity contribution in [1.29, 1.82) is 0 Å². The van der Waals surface area contributed by atoms with E-state index in [0.717, 1.165) is 6.92 Å². The average Bonchev–Trinajstić information content (AvgIpc) is 1.31. The van der Waals surface area contributed by atoms with E-state index in [2.05, 4.69) is 0 Å². The zero-order chi connectivity index (χ0) is 6.08. The average molecular weight is 126 g/mol. The van der Waals surface area contributed by atoms with Crippen LogP contribution in [-0.4, -0.2) is 23.5 Å². The van der Waals surface area contributed by atoms with Crippen molar-refractivity contribution in [3.05, 3.63) is 0 Å². The molecule has 0 aliphatic heterocycles. The fraction of sp³-hybridized carbons (Fsp3) is 1.00. The lowest BCUT2D eigenvalue weighted by atomic mass is 10.9. The number of rotatable bonds is 1. The molecule has 44 valence electrons. The molecule has 0 saturated heterocycles. The van der Waals surface area contributed by atoms with Crippen molar-refractivity contribution in [3.8, 4) is 0 Å². The third kappa shape index (κ3) is 2.55. The summed E-state index contributed by atoms with van der Waals surface area (Å²) >= 11 is 0. The second-order valence-corrected chi connectivity index (χ2v) is 2.83. The summed E-state index contributed by atoms with van der Waals surface area (Å²) in [6.07, 6.45) is 0. The van der Waals surface area contributed by atoms with Crippen LogP contribution in [0.15, 0.2) is 0 Å². The molecule has 0 heterocycles. The molecule has 0 aliphatic carbocycles. The van der Waals surface area contributed by atoms with Crippen LogP contribution >= 0.6 is 0 Å². The summed E-state index contributed by atoms with van der Waals surface area (Å²) in [4.78, 5) is 0. The fourth-order valence-corrected chi connectivity index (χ4v) is 0. The number of aliphatic hydroxyl groups excluding tert-OH is 1. The maximum Gasteiger partial charge on any atom is 0.291 e. The molecule has 0 aromatic carbocycles. The smallest absolute Gasteiger partial charge is 0.291 e. The molecule has 0 spiro atoms. The molecule has 0 aromatic heterocycles. The van der Waals surface area contributed by atoms with Gasteiger partial charge in [0.05, 0.1) is 0 Å². The summed E-state index contributed by atoms with van der Waals surface area (Å²) in [6, 6.07) is 0. The second-order valence-electron chi connectivity index (χ2n) is 1.11. The predicted molar refractivity (Wildman–Crippen MR) is 23.2 cm³/mol. The van der Waals surface area contributed by atoms with Gasteiger partial charge < -0.3 is 5.11 Å². The predicted octanol–water partition coefficient (Wildman–Crippen LogP) is -0.788. The van der Waals surface area contributed by atoms with Gasteiger partial charge in [-0.05, 0) is 6.92 Å². The van der Waals surface area contributed by atoms with Crippen LogP contribution < -0.4 is 0 Å². The van der Waals surface area contributed by atoms with Gasteiger partial charge in [0.25, 0.3) is 10.1 Å². The quantitative estimate of drug-likeness (QED) is 0.451. The number of aliphatic hydroxyl groups is 1. The molecular formula is C2H6O4S. The van der Waals surface area contributed by atoms with E-state index >= 15 is 0 Å². The topological polar surface area (TPSA) is 74.6 Å². The highest BCUT2D eigenvalue weighted by Crippen LogP contribution is 1.88. The lowest BCUT2D eigenvalue weighted by molar-refractivity contribution is 0.252. The van der Waals surface area contributed by atoms with Crippen LogP contribution in [0.1, 0.15) is 6.92 Å². The van der Waals surface area contributed by atoms with Crippen molar-refractivity contribution in [2.75, 3.05) is 0 Å².